The first-order valence-corrected chi connectivity index (χ1v) is 9.75. The van der Waals surface area contributed by atoms with Crippen molar-refractivity contribution in [3.63, 3.8) is 0 Å². The molecule has 26 heavy (non-hydrogen) atoms. The molecule has 3 aliphatic rings. The monoisotopic (exact) mass is 419 g/mol. The summed E-state index contributed by atoms with van der Waals surface area (Å²) in [6.07, 6.45) is 3.30. The minimum atomic E-state index is -0.702. The largest absolute Gasteiger partial charge is 0.463 e. The molecule has 4 rings (SSSR count). The van der Waals surface area contributed by atoms with Gasteiger partial charge in [0.2, 0.25) is 5.91 Å². The van der Waals surface area contributed by atoms with E-state index < -0.39 is 17.4 Å². The topological polar surface area (TPSA) is 55.8 Å². The van der Waals surface area contributed by atoms with Gasteiger partial charge in [0.25, 0.3) is 0 Å². The third-order valence-corrected chi connectivity index (χ3v) is 6.10. The number of fused-ring (bicyclic) bond motifs is 1. The lowest BCUT2D eigenvalue weighted by molar-refractivity contribution is -0.157. The van der Waals surface area contributed by atoms with Gasteiger partial charge in [-0.1, -0.05) is 40.2 Å². The lowest BCUT2D eigenvalue weighted by Crippen LogP contribution is -2.40. The van der Waals surface area contributed by atoms with Gasteiger partial charge in [0.15, 0.2) is 0 Å². The van der Waals surface area contributed by atoms with Crippen LogP contribution in [0.3, 0.4) is 0 Å². The van der Waals surface area contributed by atoms with E-state index in [2.05, 4.69) is 15.9 Å². The van der Waals surface area contributed by atoms with E-state index in [1.807, 2.05) is 62.1 Å². The van der Waals surface area contributed by atoms with Crippen LogP contribution in [-0.2, 0) is 19.1 Å². The van der Waals surface area contributed by atoms with Crippen molar-refractivity contribution < 1.29 is 19.1 Å². The minimum Gasteiger partial charge on any atom is -0.463 e. The van der Waals surface area contributed by atoms with Gasteiger partial charge in [0, 0.05) is 4.47 Å². The second-order valence-electron chi connectivity index (χ2n) is 7.58. The van der Waals surface area contributed by atoms with Crippen LogP contribution in [0.4, 0.5) is 0 Å². The van der Waals surface area contributed by atoms with Crippen molar-refractivity contribution in [2.45, 2.75) is 44.6 Å². The van der Waals surface area contributed by atoms with Gasteiger partial charge in [-0.15, -0.1) is 0 Å². The Hall–Kier alpha value is -1.66. The molecule has 0 aliphatic carbocycles. The summed E-state index contributed by atoms with van der Waals surface area (Å²) in [4.78, 5) is 27.7. The summed E-state index contributed by atoms with van der Waals surface area (Å²) < 4.78 is 12.5. The lowest BCUT2D eigenvalue weighted by atomic mass is 9.77. The Bertz CT molecular complexity index is 775. The number of benzene rings is 1. The van der Waals surface area contributed by atoms with Gasteiger partial charge in [-0.25, -0.2) is 0 Å². The van der Waals surface area contributed by atoms with Crippen LogP contribution in [0.2, 0.25) is 0 Å². The number of halogens is 1. The van der Waals surface area contributed by atoms with Gasteiger partial charge >= 0.3 is 5.97 Å². The van der Waals surface area contributed by atoms with Crippen LogP contribution in [0.15, 0.2) is 40.9 Å². The van der Waals surface area contributed by atoms with Gasteiger partial charge in [-0.3, -0.25) is 9.59 Å². The summed E-state index contributed by atoms with van der Waals surface area (Å²) >= 11 is 3.44. The van der Waals surface area contributed by atoms with E-state index >= 15 is 0 Å². The second kappa shape index (κ2) is 6.20. The number of hydrogen-bond acceptors (Lipinski definition) is 4. The number of amides is 1. The van der Waals surface area contributed by atoms with E-state index in [1.165, 1.54) is 0 Å². The Labute approximate surface area is 161 Å². The van der Waals surface area contributed by atoms with Crippen molar-refractivity contribution in [2.75, 3.05) is 6.54 Å². The smallest absolute Gasteiger partial charge is 0.313 e. The third kappa shape index (κ3) is 2.62. The van der Waals surface area contributed by atoms with Gasteiger partial charge in [0.05, 0.1) is 30.7 Å². The molecule has 0 aromatic heterocycles. The van der Waals surface area contributed by atoms with Gasteiger partial charge in [0.1, 0.15) is 11.5 Å². The zero-order valence-corrected chi connectivity index (χ0v) is 16.6. The number of rotatable bonds is 4. The quantitative estimate of drug-likeness (QED) is 0.555. The maximum absolute atomic E-state index is 13.2. The summed E-state index contributed by atoms with van der Waals surface area (Å²) in [5.74, 6) is -1.43. The van der Waals surface area contributed by atoms with E-state index in [4.69, 9.17) is 9.47 Å². The first-order valence-electron chi connectivity index (χ1n) is 8.96. The van der Waals surface area contributed by atoms with E-state index in [9.17, 15) is 9.59 Å². The Morgan fingerprint density at radius 1 is 1.31 bits per heavy atom. The Morgan fingerprint density at radius 3 is 2.65 bits per heavy atom. The lowest BCUT2D eigenvalue weighted by Gasteiger charge is -2.27. The summed E-state index contributed by atoms with van der Waals surface area (Å²) in [6, 6.07) is 7.86. The fraction of sp³-hybridized carbons (Fsp3) is 0.500. The molecule has 1 spiro atoms. The van der Waals surface area contributed by atoms with Crippen molar-refractivity contribution in [3.8, 4) is 0 Å². The number of esters is 1. The van der Waals surface area contributed by atoms with E-state index in [0.29, 0.717) is 6.54 Å². The number of likely N-dealkylation sites (tertiary alicyclic amines) is 1. The fourth-order valence-electron chi connectivity index (χ4n) is 4.36. The number of hydrogen-bond donors (Lipinski definition) is 0. The summed E-state index contributed by atoms with van der Waals surface area (Å²) in [7, 11) is 0. The van der Waals surface area contributed by atoms with Crippen molar-refractivity contribution >= 4 is 27.8 Å². The molecular weight excluding hydrogens is 398 g/mol. The van der Waals surface area contributed by atoms with E-state index in [1.54, 1.807) is 0 Å². The van der Waals surface area contributed by atoms with Crippen LogP contribution in [0.5, 0.6) is 0 Å². The summed E-state index contributed by atoms with van der Waals surface area (Å²) in [5, 5.41) is 0. The molecule has 5 nitrogen and oxygen atoms in total. The van der Waals surface area contributed by atoms with E-state index in [0.717, 1.165) is 10.0 Å². The second-order valence-corrected chi connectivity index (χ2v) is 8.49. The van der Waals surface area contributed by atoms with Crippen LogP contribution in [0, 0.1) is 11.8 Å². The predicted octanol–water partition coefficient (Wildman–Crippen LogP) is 3.24. The number of ether oxygens (including phenoxy) is 2. The third-order valence-electron chi connectivity index (χ3n) is 5.57. The van der Waals surface area contributed by atoms with Gasteiger partial charge in [-0.05, 0) is 38.5 Å². The summed E-state index contributed by atoms with van der Waals surface area (Å²) in [5.41, 5.74) is 0.351. The zero-order chi connectivity index (χ0) is 18.6. The average Bonchev–Trinajstić information content (AvgIpc) is 3.22. The normalized spacial score (nSPS) is 33.0. The van der Waals surface area contributed by atoms with Crippen LogP contribution in [0.25, 0.3) is 0 Å². The van der Waals surface area contributed by atoms with Crippen LogP contribution >= 0.6 is 15.9 Å². The van der Waals surface area contributed by atoms with E-state index in [-0.39, 0.29) is 30.1 Å². The molecule has 5 atom stereocenters. The van der Waals surface area contributed by atoms with Crippen molar-refractivity contribution in [1.82, 2.24) is 4.90 Å². The van der Waals surface area contributed by atoms with Crippen molar-refractivity contribution in [3.05, 3.63) is 46.5 Å². The molecule has 1 aromatic carbocycles. The number of carbonyl (C=O) groups excluding carboxylic acids is 2. The van der Waals surface area contributed by atoms with Gasteiger partial charge in [-0.2, -0.15) is 0 Å². The highest BCUT2D eigenvalue weighted by atomic mass is 79.9. The fourth-order valence-corrected chi connectivity index (χ4v) is 4.62. The highest BCUT2D eigenvalue weighted by Gasteiger charge is 2.67. The van der Waals surface area contributed by atoms with Crippen molar-refractivity contribution in [1.29, 1.82) is 0 Å². The van der Waals surface area contributed by atoms with Crippen molar-refractivity contribution in [2.24, 2.45) is 11.8 Å². The predicted molar refractivity (Wildman–Crippen MR) is 99.2 cm³/mol. The molecule has 1 amide bonds. The van der Waals surface area contributed by atoms with Crippen LogP contribution < -0.4 is 0 Å². The molecule has 0 N–H and O–H groups in total. The number of carbonyl (C=O) groups is 2. The molecule has 138 valence electrons. The van der Waals surface area contributed by atoms with Crippen LogP contribution in [-0.4, -0.2) is 41.1 Å². The maximum Gasteiger partial charge on any atom is 0.313 e. The molecule has 2 saturated heterocycles. The molecule has 3 aliphatic heterocycles. The molecule has 6 heteroatoms. The first kappa shape index (κ1) is 17.7. The Balaban J connectivity index is 1.61. The molecule has 0 saturated carbocycles. The molecule has 3 heterocycles. The SMILES string of the molecule is CC(C)OC(=O)[C@H]1[C@@H]2C=C[C@]3(CN([C@@H](C)c4ccc(Br)cc4)C(=O)[C@H]13)O2. The number of nitrogens with zero attached hydrogens (tertiary/aromatic N) is 1. The molecular formula is C20H22BrNO4. The molecule has 2 fully saturated rings. The standard InChI is InChI=1S/C20H22BrNO4/c1-11(2)25-19(24)16-15-8-9-20(26-15)10-22(18(23)17(16)20)12(3)13-4-6-14(21)7-5-13/h4-9,11-12,15-17H,10H2,1-3H3/t12-,15-,16-,17-,20+/m0/s1. The Morgan fingerprint density at radius 2 is 2.00 bits per heavy atom. The average molecular weight is 420 g/mol. The highest BCUT2D eigenvalue weighted by molar-refractivity contribution is 9.10. The van der Waals surface area contributed by atoms with Gasteiger partial charge < -0.3 is 14.4 Å². The maximum atomic E-state index is 13.2. The van der Waals surface area contributed by atoms with Crippen LogP contribution in [0.1, 0.15) is 32.4 Å². The molecule has 2 bridgehead atoms. The molecule has 0 unspecified atom stereocenters. The highest BCUT2D eigenvalue weighted by Crippen LogP contribution is 2.53. The summed E-state index contributed by atoms with van der Waals surface area (Å²) in [6.45, 7) is 6.11. The molecule has 0 radical (unpaired) electrons. The molecule has 1 aromatic rings. The minimum absolute atomic E-state index is 0.0297. The zero-order valence-electron chi connectivity index (χ0n) is 15.0. The Kier molecular flexibility index (Phi) is 4.23. The first-order chi connectivity index (χ1) is 12.3.